The molecule has 2 atom stereocenters. The van der Waals surface area contributed by atoms with Gasteiger partial charge in [0.15, 0.2) is 0 Å². The van der Waals surface area contributed by atoms with Gasteiger partial charge in [-0.1, -0.05) is 25.1 Å². The van der Waals surface area contributed by atoms with Crippen LogP contribution in [0.25, 0.3) is 11.3 Å². The van der Waals surface area contributed by atoms with Crippen LogP contribution in [-0.2, 0) is 6.42 Å². The van der Waals surface area contributed by atoms with Crippen LogP contribution >= 0.6 is 0 Å². The van der Waals surface area contributed by atoms with Gasteiger partial charge in [-0.05, 0) is 56.0 Å². The molecule has 0 saturated carbocycles. The lowest BCUT2D eigenvalue weighted by Crippen LogP contribution is -2.41. The molecule has 2 aliphatic rings. The zero-order chi connectivity index (χ0) is 16.5. The van der Waals surface area contributed by atoms with Gasteiger partial charge in [-0.25, -0.2) is 0 Å². The van der Waals surface area contributed by atoms with E-state index in [0.29, 0.717) is 12.0 Å². The molecule has 2 heterocycles. The van der Waals surface area contributed by atoms with Crippen molar-refractivity contribution in [1.29, 1.82) is 0 Å². The Morgan fingerprint density at radius 3 is 2.75 bits per heavy atom. The molecule has 0 fully saturated rings. The largest absolute Gasteiger partial charge is 0.384 e. The lowest BCUT2D eigenvalue weighted by Gasteiger charge is -2.37. The number of hydrogen-bond donors (Lipinski definition) is 1. The molecule has 0 saturated heterocycles. The van der Waals surface area contributed by atoms with Gasteiger partial charge in [0.25, 0.3) is 0 Å². The molecule has 0 radical (unpaired) electrons. The van der Waals surface area contributed by atoms with Crippen LogP contribution in [0.1, 0.15) is 50.2 Å². The lowest BCUT2D eigenvalue weighted by atomic mass is 9.78. The summed E-state index contributed by atoms with van der Waals surface area (Å²) in [5, 5.41) is 7.82. The zero-order valence-corrected chi connectivity index (χ0v) is 14.7. The number of nitrogens with one attached hydrogen (secondary N) is 1. The second-order valence-electron chi connectivity index (χ2n) is 7.15. The lowest BCUT2D eigenvalue weighted by molar-refractivity contribution is 0.173. The number of hydrogen-bond acceptors (Lipinski definition) is 4. The molecular formula is C20H27N3O. The smallest absolute Gasteiger partial charge is 0.124 e. The highest BCUT2D eigenvalue weighted by Crippen LogP contribution is 2.45. The van der Waals surface area contributed by atoms with Crippen LogP contribution in [0, 0.1) is 0 Å². The number of anilines is 1. The molecule has 1 aromatic heterocycles. The minimum atomic E-state index is 0.636. The highest BCUT2D eigenvalue weighted by molar-refractivity contribution is 5.74. The fraction of sp³-hybridized carbons (Fsp3) is 0.550. The van der Waals surface area contributed by atoms with E-state index < -0.39 is 0 Å². The summed E-state index contributed by atoms with van der Waals surface area (Å²) >= 11 is 0. The molecular weight excluding hydrogens is 298 g/mol. The Balaban J connectivity index is 1.73. The third-order valence-electron chi connectivity index (χ3n) is 5.55. The second kappa shape index (κ2) is 6.60. The van der Waals surface area contributed by atoms with Crippen molar-refractivity contribution in [1.82, 2.24) is 10.1 Å². The van der Waals surface area contributed by atoms with Gasteiger partial charge in [0.1, 0.15) is 12.0 Å². The summed E-state index contributed by atoms with van der Waals surface area (Å²) in [7, 11) is 0. The first kappa shape index (κ1) is 15.7. The number of aromatic nitrogens is 1. The third kappa shape index (κ3) is 2.63. The number of benzene rings is 1. The molecule has 0 amide bonds. The Hall–Kier alpha value is -1.81. The van der Waals surface area contributed by atoms with E-state index in [0.717, 1.165) is 18.7 Å². The quantitative estimate of drug-likeness (QED) is 0.860. The van der Waals surface area contributed by atoms with Crippen molar-refractivity contribution in [2.45, 2.75) is 51.5 Å². The average molecular weight is 325 g/mol. The number of nitrogens with zero attached hydrogens (tertiary/aromatic N) is 2. The molecule has 0 spiro atoms. The second-order valence-corrected chi connectivity index (χ2v) is 7.15. The van der Waals surface area contributed by atoms with E-state index in [4.69, 9.17) is 4.52 Å². The Labute approximate surface area is 144 Å². The molecule has 1 aromatic carbocycles. The maximum atomic E-state index is 5.11. The van der Waals surface area contributed by atoms with E-state index in [1.54, 1.807) is 11.8 Å². The number of rotatable bonds is 6. The first-order valence-corrected chi connectivity index (χ1v) is 9.36. The van der Waals surface area contributed by atoms with Crippen LogP contribution in [0.2, 0.25) is 0 Å². The van der Waals surface area contributed by atoms with Crippen LogP contribution in [0.3, 0.4) is 0 Å². The van der Waals surface area contributed by atoms with Crippen LogP contribution < -0.4 is 5.32 Å². The minimum Gasteiger partial charge on any atom is -0.384 e. The summed E-state index contributed by atoms with van der Waals surface area (Å²) in [6.45, 7) is 8.05. The van der Waals surface area contributed by atoms with Gasteiger partial charge in [0, 0.05) is 35.8 Å². The predicted octanol–water partition coefficient (Wildman–Crippen LogP) is 4.29. The van der Waals surface area contributed by atoms with Crippen molar-refractivity contribution < 1.29 is 4.52 Å². The summed E-state index contributed by atoms with van der Waals surface area (Å²) in [6, 6.07) is 7.06. The fourth-order valence-electron chi connectivity index (χ4n) is 4.61. The maximum Gasteiger partial charge on any atom is 0.124 e. The molecule has 1 aliphatic heterocycles. The van der Waals surface area contributed by atoms with E-state index in [-0.39, 0.29) is 0 Å². The van der Waals surface area contributed by atoms with Gasteiger partial charge < -0.3 is 14.7 Å². The van der Waals surface area contributed by atoms with Crippen molar-refractivity contribution in [2.24, 2.45) is 0 Å². The van der Waals surface area contributed by atoms with Crippen molar-refractivity contribution >= 4 is 5.69 Å². The molecule has 1 N–H and O–H groups in total. The van der Waals surface area contributed by atoms with Crippen LogP contribution in [0.15, 0.2) is 29.0 Å². The average Bonchev–Trinajstić information content (AvgIpc) is 3.26. The predicted molar refractivity (Wildman–Crippen MR) is 97.4 cm³/mol. The summed E-state index contributed by atoms with van der Waals surface area (Å²) < 4.78 is 5.11. The Morgan fingerprint density at radius 1 is 1.21 bits per heavy atom. The van der Waals surface area contributed by atoms with Gasteiger partial charge in [-0.2, -0.15) is 0 Å². The molecule has 4 rings (SSSR count). The normalized spacial score (nSPS) is 21.8. The standard InChI is InChI=1S/C20H27N3O/c1-3-8-23(9-4-2)15-11-14-13-21-19-6-5-16(17(12-15)20(14)19)18-7-10-24-22-18/h5-7,10,14-15,21H,3-4,8-9,11-13H2,1-2H3. The molecule has 0 bridgehead atoms. The highest BCUT2D eigenvalue weighted by Gasteiger charge is 2.36. The van der Waals surface area contributed by atoms with E-state index in [9.17, 15) is 0 Å². The van der Waals surface area contributed by atoms with Crippen molar-refractivity contribution in [2.75, 3.05) is 25.0 Å². The van der Waals surface area contributed by atoms with Gasteiger partial charge in [0.2, 0.25) is 0 Å². The van der Waals surface area contributed by atoms with Gasteiger partial charge in [-0.3, -0.25) is 0 Å². The van der Waals surface area contributed by atoms with Gasteiger partial charge in [0.05, 0.1) is 0 Å². The monoisotopic (exact) mass is 325 g/mol. The Kier molecular flexibility index (Phi) is 4.31. The van der Waals surface area contributed by atoms with Crippen LogP contribution in [0.4, 0.5) is 5.69 Å². The van der Waals surface area contributed by atoms with Crippen molar-refractivity contribution in [3.63, 3.8) is 0 Å². The SMILES string of the molecule is CCCN(CCC)C1Cc2c(-c3ccon3)ccc3c2C(CN3)C1. The van der Waals surface area contributed by atoms with E-state index in [1.807, 2.05) is 6.07 Å². The molecule has 1 aliphatic carbocycles. The van der Waals surface area contributed by atoms with Crippen LogP contribution in [0.5, 0.6) is 0 Å². The molecule has 2 aromatic rings. The molecule has 4 heteroatoms. The van der Waals surface area contributed by atoms with Crippen molar-refractivity contribution in [3.8, 4) is 11.3 Å². The topological polar surface area (TPSA) is 41.3 Å². The Bertz CT molecular complexity index is 689. The first-order chi connectivity index (χ1) is 11.8. The first-order valence-electron chi connectivity index (χ1n) is 9.36. The van der Waals surface area contributed by atoms with E-state index in [2.05, 4.69) is 41.4 Å². The van der Waals surface area contributed by atoms with E-state index in [1.165, 1.54) is 49.2 Å². The molecule has 2 unspecified atom stereocenters. The van der Waals surface area contributed by atoms with Gasteiger partial charge in [-0.15, -0.1) is 0 Å². The fourth-order valence-corrected chi connectivity index (χ4v) is 4.61. The molecule has 128 valence electrons. The van der Waals surface area contributed by atoms with E-state index >= 15 is 0 Å². The third-order valence-corrected chi connectivity index (χ3v) is 5.55. The van der Waals surface area contributed by atoms with Crippen molar-refractivity contribution in [3.05, 3.63) is 35.6 Å². The summed E-state index contributed by atoms with van der Waals surface area (Å²) in [5.41, 5.74) is 6.59. The Morgan fingerprint density at radius 2 is 2.04 bits per heavy atom. The zero-order valence-electron chi connectivity index (χ0n) is 14.7. The highest BCUT2D eigenvalue weighted by atomic mass is 16.5. The van der Waals surface area contributed by atoms with Crippen LogP contribution in [-0.4, -0.2) is 35.7 Å². The summed E-state index contributed by atoms with van der Waals surface area (Å²) in [5.74, 6) is 0.636. The minimum absolute atomic E-state index is 0.636. The molecule has 4 nitrogen and oxygen atoms in total. The molecule has 24 heavy (non-hydrogen) atoms. The maximum absolute atomic E-state index is 5.11. The summed E-state index contributed by atoms with van der Waals surface area (Å²) in [6.07, 6.45) is 6.52. The van der Waals surface area contributed by atoms with Gasteiger partial charge >= 0.3 is 0 Å². The summed E-state index contributed by atoms with van der Waals surface area (Å²) in [4.78, 5) is 2.71.